The molecule has 222 valence electrons. The van der Waals surface area contributed by atoms with Crippen molar-refractivity contribution in [3.05, 3.63) is 82.6 Å². The molecule has 0 radical (unpaired) electrons. The zero-order valence-corrected chi connectivity index (χ0v) is 30.4. The van der Waals surface area contributed by atoms with E-state index in [1.165, 1.54) is 0 Å². The second-order valence-electron chi connectivity index (χ2n) is 12.1. The maximum absolute atomic E-state index is 11.4. The minimum atomic E-state index is -4.31. The summed E-state index contributed by atoms with van der Waals surface area (Å²) in [5.74, 6) is -0.734. The predicted octanol–water partition coefficient (Wildman–Crippen LogP) is 2.13. The Morgan fingerprint density at radius 1 is 0.905 bits per heavy atom. The van der Waals surface area contributed by atoms with Crippen LogP contribution in [0.25, 0.3) is 0 Å². The minimum Gasteiger partial charge on any atom is -0.748 e. The monoisotopic (exact) mass is 639 g/mol. The summed E-state index contributed by atoms with van der Waals surface area (Å²) in [6, 6.07) is 12.5. The fourth-order valence-electron chi connectivity index (χ4n) is 6.10. The van der Waals surface area contributed by atoms with Crippen LogP contribution in [0, 0.1) is 13.8 Å². The Balaban J connectivity index is 0.00000484. The van der Waals surface area contributed by atoms with Crippen LogP contribution in [0.15, 0.2) is 60.3 Å². The van der Waals surface area contributed by atoms with Crippen molar-refractivity contribution in [3.8, 4) is 0 Å². The molecular weight excluding hydrogens is 600 g/mol. The van der Waals surface area contributed by atoms with E-state index < -0.39 is 26.0 Å². The molecule has 11 heteroatoms. The number of allylic oxidation sites excluding steroid dienone is 4. The van der Waals surface area contributed by atoms with Gasteiger partial charge in [-0.3, -0.25) is 4.55 Å². The molecule has 0 fully saturated rings. The van der Waals surface area contributed by atoms with Crippen LogP contribution in [-0.4, -0.2) is 60.8 Å². The average Bonchev–Trinajstić information content (AvgIpc) is 3.16. The molecule has 0 saturated carbocycles. The zero-order chi connectivity index (χ0) is 30.4. The molecule has 2 aliphatic heterocycles. The fraction of sp³-hybridized carbons (Fsp3) is 0.452. The molecule has 0 saturated heterocycles. The zero-order valence-electron chi connectivity index (χ0n) is 25.6. The smallest absolute Gasteiger partial charge is 0.748 e. The summed E-state index contributed by atoms with van der Waals surface area (Å²) in [4.78, 5) is 2.13. The quantitative estimate of drug-likeness (QED) is 0.241. The van der Waals surface area contributed by atoms with Crippen molar-refractivity contribution < 1.29 is 81.9 Å². The van der Waals surface area contributed by atoms with E-state index in [4.69, 9.17) is 0 Å². The second kappa shape index (κ2) is 13.1. The molecule has 2 aliphatic rings. The Morgan fingerprint density at radius 3 is 2.14 bits per heavy atom. The topological polar surface area (TPSA) is 118 Å². The SMILES string of the molecule is Cc1ccc2c(c1)C(C)(C)C(/C=C/C=C1/N(CCCS(=O)(=O)O)c3ccc(C)cc3C1(C)C)=[N+]2CCCS(=O)(=O)[O-].[K+]. The van der Waals surface area contributed by atoms with Crippen molar-refractivity contribution in [2.45, 2.75) is 65.2 Å². The molecular formula is C31H40KN2O6S2+. The van der Waals surface area contributed by atoms with Gasteiger partial charge in [0.1, 0.15) is 6.54 Å². The number of anilines is 1. The number of nitrogens with zero attached hydrogens (tertiary/aromatic N) is 2. The maximum Gasteiger partial charge on any atom is 1.00 e. The van der Waals surface area contributed by atoms with Crippen LogP contribution < -0.4 is 56.3 Å². The summed E-state index contributed by atoms with van der Waals surface area (Å²) >= 11 is 0. The van der Waals surface area contributed by atoms with Crippen LogP contribution in [0.2, 0.25) is 0 Å². The summed E-state index contributed by atoms with van der Waals surface area (Å²) in [6.07, 6.45) is 6.60. The molecule has 0 unspecified atom stereocenters. The van der Waals surface area contributed by atoms with Gasteiger partial charge in [0.25, 0.3) is 10.1 Å². The summed E-state index contributed by atoms with van der Waals surface area (Å²) < 4.78 is 68.1. The van der Waals surface area contributed by atoms with E-state index in [2.05, 4.69) is 67.5 Å². The fourth-order valence-corrected chi connectivity index (χ4v) is 7.07. The van der Waals surface area contributed by atoms with Crippen LogP contribution in [0.5, 0.6) is 0 Å². The molecule has 0 aliphatic carbocycles. The first kappa shape index (κ1) is 35.3. The standard InChI is InChI=1S/C31H40N2O6S2.K/c1-22-12-14-26-24(20-22)30(3,4)28(32(26)16-8-18-40(34,35)36)10-7-11-29-31(5,6)25-21-23(2)13-15-27(25)33(29)17-9-19-41(37,38)39;/h7,10-15,20-21H,8-9,16-19H2,1-6H3,(H-,34,35,36,37,38,39);/q;+1. The van der Waals surface area contributed by atoms with Crippen LogP contribution in [0.3, 0.4) is 0 Å². The van der Waals surface area contributed by atoms with Gasteiger partial charge in [-0.05, 0) is 57.9 Å². The van der Waals surface area contributed by atoms with Crippen molar-refractivity contribution in [3.63, 3.8) is 0 Å². The van der Waals surface area contributed by atoms with Crippen molar-refractivity contribution in [2.75, 3.05) is 29.5 Å². The van der Waals surface area contributed by atoms with E-state index in [0.717, 1.165) is 45.0 Å². The second-order valence-corrected chi connectivity index (χ2v) is 15.2. The van der Waals surface area contributed by atoms with E-state index in [1.54, 1.807) is 0 Å². The van der Waals surface area contributed by atoms with Crippen molar-refractivity contribution >= 4 is 37.3 Å². The number of benzene rings is 2. The Bertz CT molecular complexity index is 1670. The molecule has 2 aromatic rings. The Labute approximate surface area is 293 Å². The van der Waals surface area contributed by atoms with Gasteiger partial charge in [0.15, 0.2) is 5.71 Å². The van der Waals surface area contributed by atoms with Gasteiger partial charge in [-0.2, -0.15) is 13.0 Å². The van der Waals surface area contributed by atoms with Gasteiger partial charge in [0, 0.05) is 53.2 Å². The van der Waals surface area contributed by atoms with Gasteiger partial charge in [0.2, 0.25) is 5.69 Å². The summed E-state index contributed by atoms with van der Waals surface area (Å²) in [7, 11) is -8.38. The first-order chi connectivity index (χ1) is 18.9. The third kappa shape index (κ3) is 7.73. The molecule has 2 aromatic carbocycles. The number of aryl methyl sites for hydroxylation is 2. The molecule has 1 N–H and O–H groups in total. The van der Waals surface area contributed by atoms with Crippen molar-refractivity contribution in [1.29, 1.82) is 0 Å². The third-order valence-electron chi connectivity index (χ3n) is 8.16. The van der Waals surface area contributed by atoms with E-state index in [1.807, 2.05) is 38.1 Å². The van der Waals surface area contributed by atoms with Gasteiger partial charge in [-0.15, -0.1) is 0 Å². The van der Waals surface area contributed by atoms with Crippen LogP contribution >= 0.6 is 0 Å². The van der Waals surface area contributed by atoms with Gasteiger partial charge in [-0.1, -0.05) is 49.2 Å². The van der Waals surface area contributed by atoms with Crippen LogP contribution in [0.1, 0.15) is 62.8 Å². The number of rotatable bonds is 10. The molecule has 0 atom stereocenters. The van der Waals surface area contributed by atoms with Gasteiger partial charge >= 0.3 is 51.4 Å². The first-order valence-corrected chi connectivity index (χ1v) is 17.0. The number of hydrogen-bond acceptors (Lipinski definition) is 6. The third-order valence-corrected chi connectivity index (χ3v) is 9.76. The number of hydrogen-bond donors (Lipinski definition) is 1. The normalized spacial score (nSPS) is 18.5. The Morgan fingerprint density at radius 2 is 1.52 bits per heavy atom. The molecule has 2 heterocycles. The molecule has 0 spiro atoms. The van der Waals surface area contributed by atoms with Crippen molar-refractivity contribution in [1.82, 2.24) is 0 Å². The molecule has 0 bridgehead atoms. The molecule has 4 rings (SSSR count). The van der Waals surface area contributed by atoms with E-state index in [0.29, 0.717) is 13.1 Å². The number of fused-ring (bicyclic) bond motifs is 2. The predicted molar refractivity (Wildman–Crippen MR) is 163 cm³/mol. The Kier molecular flexibility index (Phi) is 11.0. The van der Waals surface area contributed by atoms with Gasteiger partial charge in [0.05, 0.1) is 21.3 Å². The summed E-state index contributed by atoms with van der Waals surface area (Å²) in [5, 5.41) is 0. The minimum absolute atomic E-state index is 0. The summed E-state index contributed by atoms with van der Waals surface area (Å²) in [5.41, 5.74) is 7.91. The molecule has 42 heavy (non-hydrogen) atoms. The van der Waals surface area contributed by atoms with E-state index in [9.17, 15) is 25.9 Å². The van der Waals surface area contributed by atoms with E-state index in [-0.39, 0.29) is 80.8 Å². The molecule has 0 amide bonds. The summed E-state index contributed by atoms with van der Waals surface area (Å²) in [6.45, 7) is 13.5. The average molecular weight is 640 g/mol. The van der Waals surface area contributed by atoms with Crippen LogP contribution in [0.4, 0.5) is 11.4 Å². The van der Waals surface area contributed by atoms with Crippen LogP contribution in [-0.2, 0) is 31.1 Å². The Hall–Kier alpha value is -1.15. The van der Waals surface area contributed by atoms with Gasteiger partial charge < -0.3 is 9.45 Å². The molecule has 0 aromatic heterocycles. The molecule has 8 nitrogen and oxygen atoms in total. The van der Waals surface area contributed by atoms with E-state index >= 15 is 0 Å². The first-order valence-electron chi connectivity index (χ1n) is 13.8. The van der Waals surface area contributed by atoms with Crippen molar-refractivity contribution in [2.24, 2.45) is 0 Å². The van der Waals surface area contributed by atoms with Gasteiger partial charge in [-0.25, -0.2) is 8.42 Å². The maximum atomic E-state index is 11.4. The largest absolute Gasteiger partial charge is 1.00 e.